The van der Waals surface area contributed by atoms with Gasteiger partial charge in [0.25, 0.3) is 5.91 Å². The fourth-order valence-electron chi connectivity index (χ4n) is 2.41. The molecular weight excluding hydrogens is 330 g/mol. The lowest BCUT2D eigenvalue weighted by molar-refractivity contribution is 0.102. The van der Waals surface area contributed by atoms with Crippen molar-refractivity contribution in [2.45, 2.75) is 6.92 Å². The predicted octanol–water partition coefficient (Wildman–Crippen LogP) is 4.02. The molecule has 6 heteroatoms. The standard InChI is InChI=1S/C18H14ClNO4/c1-10-5-3-7-13(19)15(10)20-17(21)12-9-11-6-4-8-14(23-2)16(11)24-18(12)22/h3-9H,1-2H3,(H,20,21). The predicted molar refractivity (Wildman–Crippen MR) is 93.2 cm³/mol. The average Bonchev–Trinajstić information content (AvgIpc) is 2.57. The van der Waals surface area contributed by atoms with Crippen LogP contribution in [0, 0.1) is 6.92 Å². The molecule has 3 rings (SSSR count). The van der Waals surface area contributed by atoms with Gasteiger partial charge in [0, 0.05) is 5.39 Å². The Labute approximate surface area is 142 Å². The van der Waals surface area contributed by atoms with Crippen molar-refractivity contribution in [3.05, 3.63) is 69.0 Å². The van der Waals surface area contributed by atoms with Crippen LogP contribution in [0.2, 0.25) is 5.02 Å². The summed E-state index contributed by atoms with van der Waals surface area (Å²) in [6.45, 7) is 1.81. The number of methoxy groups -OCH3 is 1. The van der Waals surface area contributed by atoms with Crippen LogP contribution in [0.25, 0.3) is 11.0 Å². The first-order chi connectivity index (χ1) is 11.5. The molecule has 1 N–H and O–H groups in total. The van der Waals surface area contributed by atoms with Crippen molar-refractivity contribution in [2.75, 3.05) is 12.4 Å². The summed E-state index contributed by atoms with van der Waals surface area (Å²) in [6.07, 6.45) is 0. The Morgan fingerprint density at radius 1 is 1.21 bits per heavy atom. The molecule has 24 heavy (non-hydrogen) atoms. The number of aryl methyl sites for hydroxylation is 1. The van der Waals surface area contributed by atoms with Gasteiger partial charge in [-0.1, -0.05) is 35.9 Å². The smallest absolute Gasteiger partial charge is 0.349 e. The molecule has 0 unspecified atom stereocenters. The molecular formula is C18H14ClNO4. The van der Waals surface area contributed by atoms with Gasteiger partial charge < -0.3 is 14.5 Å². The summed E-state index contributed by atoms with van der Waals surface area (Å²) in [6, 6.07) is 11.9. The number of nitrogens with one attached hydrogen (secondary N) is 1. The van der Waals surface area contributed by atoms with Crippen LogP contribution in [-0.2, 0) is 0 Å². The Hall–Kier alpha value is -2.79. The molecule has 2 aromatic carbocycles. The minimum absolute atomic E-state index is 0.102. The quantitative estimate of drug-likeness (QED) is 0.729. The Kier molecular flexibility index (Phi) is 4.27. The van der Waals surface area contributed by atoms with Crippen LogP contribution in [0.5, 0.6) is 5.75 Å². The zero-order valence-electron chi connectivity index (χ0n) is 13.1. The molecule has 0 atom stereocenters. The van der Waals surface area contributed by atoms with Crippen molar-refractivity contribution in [3.63, 3.8) is 0 Å². The van der Waals surface area contributed by atoms with Crippen LogP contribution in [-0.4, -0.2) is 13.0 Å². The highest BCUT2D eigenvalue weighted by molar-refractivity contribution is 6.34. The number of anilines is 1. The van der Waals surface area contributed by atoms with Gasteiger partial charge >= 0.3 is 5.63 Å². The van der Waals surface area contributed by atoms with E-state index < -0.39 is 11.5 Å². The van der Waals surface area contributed by atoms with Crippen molar-refractivity contribution in [2.24, 2.45) is 0 Å². The Balaban J connectivity index is 2.05. The second kappa shape index (κ2) is 6.37. The molecule has 0 aliphatic heterocycles. The van der Waals surface area contributed by atoms with Gasteiger partial charge in [0.05, 0.1) is 17.8 Å². The fourth-order valence-corrected chi connectivity index (χ4v) is 2.68. The third-order valence-electron chi connectivity index (χ3n) is 3.65. The molecule has 0 saturated heterocycles. The summed E-state index contributed by atoms with van der Waals surface area (Å²) < 4.78 is 10.4. The van der Waals surface area contributed by atoms with Gasteiger partial charge in [0.15, 0.2) is 11.3 Å². The topological polar surface area (TPSA) is 68.5 Å². The van der Waals surface area contributed by atoms with E-state index in [1.807, 2.05) is 13.0 Å². The number of para-hydroxylation sites is 2. The van der Waals surface area contributed by atoms with E-state index in [0.717, 1.165) is 5.56 Å². The average molecular weight is 344 g/mol. The maximum absolute atomic E-state index is 12.5. The molecule has 122 valence electrons. The number of rotatable bonds is 3. The molecule has 0 spiro atoms. The van der Waals surface area contributed by atoms with Crippen molar-refractivity contribution in [1.29, 1.82) is 0 Å². The highest BCUT2D eigenvalue weighted by Gasteiger charge is 2.17. The summed E-state index contributed by atoms with van der Waals surface area (Å²) >= 11 is 6.10. The number of carbonyl (C=O) groups excluding carboxylic acids is 1. The Bertz CT molecular complexity index is 974. The zero-order chi connectivity index (χ0) is 17.3. The Morgan fingerprint density at radius 3 is 2.67 bits per heavy atom. The molecule has 0 fully saturated rings. The lowest BCUT2D eigenvalue weighted by Gasteiger charge is -2.10. The van der Waals surface area contributed by atoms with Crippen LogP contribution < -0.4 is 15.7 Å². The van der Waals surface area contributed by atoms with E-state index in [1.165, 1.54) is 13.2 Å². The highest BCUT2D eigenvalue weighted by atomic mass is 35.5. The van der Waals surface area contributed by atoms with Gasteiger partial charge in [-0.15, -0.1) is 0 Å². The van der Waals surface area contributed by atoms with Crippen molar-refractivity contribution >= 4 is 34.2 Å². The first-order valence-corrected chi connectivity index (χ1v) is 7.56. The van der Waals surface area contributed by atoms with Crippen molar-refractivity contribution in [1.82, 2.24) is 0 Å². The van der Waals surface area contributed by atoms with Crippen LogP contribution in [0.3, 0.4) is 0 Å². The van der Waals surface area contributed by atoms with Crippen LogP contribution in [0.1, 0.15) is 15.9 Å². The van der Waals surface area contributed by atoms with Crippen LogP contribution in [0.4, 0.5) is 5.69 Å². The van der Waals surface area contributed by atoms with Gasteiger partial charge in [-0.3, -0.25) is 4.79 Å². The Morgan fingerprint density at radius 2 is 1.96 bits per heavy atom. The minimum atomic E-state index is -0.741. The molecule has 0 aliphatic carbocycles. The van der Waals surface area contributed by atoms with Crippen molar-refractivity contribution in [3.8, 4) is 5.75 Å². The number of ether oxygens (including phenoxy) is 1. The summed E-state index contributed by atoms with van der Waals surface area (Å²) in [7, 11) is 1.48. The molecule has 0 saturated carbocycles. The highest BCUT2D eigenvalue weighted by Crippen LogP contribution is 2.27. The fraction of sp³-hybridized carbons (Fsp3) is 0.111. The van der Waals surface area contributed by atoms with E-state index in [4.69, 9.17) is 20.8 Å². The molecule has 0 aliphatic rings. The largest absolute Gasteiger partial charge is 0.493 e. The van der Waals surface area contributed by atoms with Gasteiger partial charge in [-0.2, -0.15) is 0 Å². The lowest BCUT2D eigenvalue weighted by Crippen LogP contribution is -2.21. The third-order valence-corrected chi connectivity index (χ3v) is 3.96. The van der Waals surface area contributed by atoms with Crippen LogP contribution >= 0.6 is 11.6 Å². The maximum Gasteiger partial charge on any atom is 0.349 e. The van der Waals surface area contributed by atoms with E-state index in [0.29, 0.717) is 27.4 Å². The molecule has 3 aromatic rings. The lowest BCUT2D eigenvalue weighted by atomic mass is 10.1. The number of amides is 1. The number of hydrogen-bond acceptors (Lipinski definition) is 4. The number of carbonyl (C=O) groups is 1. The van der Waals surface area contributed by atoms with Gasteiger partial charge in [-0.05, 0) is 30.7 Å². The molecule has 0 radical (unpaired) electrons. The maximum atomic E-state index is 12.5. The van der Waals surface area contributed by atoms with Gasteiger partial charge in [0.1, 0.15) is 5.56 Å². The normalized spacial score (nSPS) is 10.6. The molecule has 0 bridgehead atoms. The molecule has 5 nitrogen and oxygen atoms in total. The minimum Gasteiger partial charge on any atom is -0.493 e. The van der Waals surface area contributed by atoms with E-state index in [2.05, 4.69) is 5.32 Å². The second-order valence-corrected chi connectivity index (χ2v) is 5.62. The number of hydrogen-bond donors (Lipinski definition) is 1. The number of benzene rings is 2. The summed E-state index contributed by atoms with van der Waals surface area (Å²) in [5.41, 5.74) is 0.719. The number of fused-ring (bicyclic) bond motifs is 1. The summed E-state index contributed by atoms with van der Waals surface area (Å²) in [5.74, 6) is -0.150. The van der Waals surface area contributed by atoms with Gasteiger partial charge in [-0.25, -0.2) is 4.79 Å². The molecule has 1 heterocycles. The zero-order valence-corrected chi connectivity index (χ0v) is 13.8. The summed E-state index contributed by atoms with van der Waals surface area (Å²) in [5, 5.41) is 3.66. The van der Waals surface area contributed by atoms with Crippen molar-refractivity contribution < 1.29 is 13.9 Å². The van der Waals surface area contributed by atoms with E-state index in [9.17, 15) is 9.59 Å². The molecule has 1 amide bonds. The summed E-state index contributed by atoms with van der Waals surface area (Å²) in [4.78, 5) is 24.7. The third kappa shape index (κ3) is 2.86. The first-order valence-electron chi connectivity index (χ1n) is 7.18. The SMILES string of the molecule is COc1cccc2cc(C(=O)Nc3c(C)cccc3Cl)c(=O)oc12. The monoisotopic (exact) mass is 343 g/mol. The van der Waals surface area contributed by atoms with Gasteiger partial charge in [0.2, 0.25) is 0 Å². The second-order valence-electron chi connectivity index (χ2n) is 5.21. The first kappa shape index (κ1) is 16.1. The van der Waals surface area contributed by atoms with Crippen LogP contribution in [0.15, 0.2) is 51.7 Å². The van der Waals surface area contributed by atoms with E-state index >= 15 is 0 Å². The van der Waals surface area contributed by atoms with E-state index in [-0.39, 0.29) is 5.56 Å². The van der Waals surface area contributed by atoms with E-state index in [1.54, 1.807) is 30.3 Å². The number of halogens is 1. The molecule has 1 aromatic heterocycles.